The minimum Gasteiger partial charge on any atom is -0.352 e. The summed E-state index contributed by atoms with van der Waals surface area (Å²) < 4.78 is 0. The Morgan fingerprint density at radius 2 is 2.14 bits per heavy atom. The summed E-state index contributed by atoms with van der Waals surface area (Å²) in [6.07, 6.45) is 0. The number of amides is 2. The van der Waals surface area contributed by atoms with Gasteiger partial charge in [0.2, 0.25) is 0 Å². The van der Waals surface area contributed by atoms with Crippen molar-refractivity contribution in [2.45, 2.75) is 6.54 Å². The molecule has 0 saturated carbocycles. The normalized spacial score (nSPS) is 8.86. The Kier molecular flexibility index (Phi) is 3.34. The second-order valence-corrected chi connectivity index (χ2v) is 2.57. The molecule has 0 atom stereocenters. The summed E-state index contributed by atoms with van der Waals surface area (Å²) in [6.45, 7) is 0.367. The first kappa shape index (κ1) is 9.88. The zero-order valence-corrected chi connectivity index (χ0v) is 7.34. The van der Waals surface area contributed by atoms with Crippen LogP contribution in [-0.2, 0) is 6.54 Å². The molecule has 1 aromatic rings. The third-order valence-electron chi connectivity index (χ3n) is 1.56. The summed E-state index contributed by atoms with van der Waals surface area (Å²) in [5.41, 5.74) is 14.5. The Morgan fingerprint density at radius 1 is 1.50 bits per heavy atom. The van der Waals surface area contributed by atoms with Gasteiger partial charge in [0, 0.05) is 17.1 Å². The molecule has 0 saturated heterocycles. The average Bonchev–Trinajstić information content (AvgIpc) is 2.17. The molecule has 3 N–H and O–H groups in total. The highest BCUT2D eigenvalue weighted by atomic mass is 16.2. The van der Waals surface area contributed by atoms with Gasteiger partial charge in [0.1, 0.15) is 0 Å². The van der Waals surface area contributed by atoms with Crippen molar-refractivity contribution in [3.05, 3.63) is 40.3 Å². The van der Waals surface area contributed by atoms with Gasteiger partial charge in [-0.25, -0.2) is 4.79 Å². The van der Waals surface area contributed by atoms with E-state index in [1.54, 1.807) is 24.3 Å². The molecule has 0 aliphatic heterocycles. The molecular formula is C8H9N5O. The van der Waals surface area contributed by atoms with E-state index in [-0.39, 0.29) is 0 Å². The number of carbonyl (C=O) groups is 1. The highest BCUT2D eigenvalue weighted by Gasteiger charge is 1.94. The molecule has 72 valence electrons. The van der Waals surface area contributed by atoms with Gasteiger partial charge in [0.15, 0.2) is 0 Å². The molecule has 1 rings (SSSR count). The fourth-order valence-corrected chi connectivity index (χ4v) is 0.921. The Morgan fingerprint density at radius 3 is 2.64 bits per heavy atom. The highest BCUT2D eigenvalue weighted by molar-refractivity contribution is 5.71. The number of nitrogens with two attached hydrogens (primary N) is 1. The van der Waals surface area contributed by atoms with Crippen LogP contribution in [0.4, 0.5) is 10.5 Å². The third-order valence-corrected chi connectivity index (χ3v) is 1.56. The van der Waals surface area contributed by atoms with Gasteiger partial charge < -0.3 is 11.1 Å². The molecule has 6 nitrogen and oxygen atoms in total. The van der Waals surface area contributed by atoms with Gasteiger partial charge in [0.05, 0.1) is 0 Å². The van der Waals surface area contributed by atoms with Gasteiger partial charge in [-0.2, -0.15) is 0 Å². The van der Waals surface area contributed by atoms with Crippen molar-refractivity contribution < 1.29 is 4.79 Å². The molecule has 0 radical (unpaired) electrons. The molecule has 1 aromatic carbocycles. The molecule has 0 aliphatic rings. The van der Waals surface area contributed by atoms with Crippen molar-refractivity contribution in [2.75, 3.05) is 0 Å². The van der Waals surface area contributed by atoms with E-state index >= 15 is 0 Å². The quantitative estimate of drug-likeness (QED) is 0.424. The third kappa shape index (κ3) is 3.04. The minimum absolute atomic E-state index is 0.367. The topological polar surface area (TPSA) is 104 Å². The number of carbonyl (C=O) groups excluding carboxylic acids is 1. The molecule has 0 heterocycles. The lowest BCUT2D eigenvalue weighted by atomic mass is 10.2. The maximum absolute atomic E-state index is 10.4. The first-order valence-electron chi connectivity index (χ1n) is 3.89. The van der Waals surface area contributed by atoms with Crippen molar-refractivity contribution in [1.82, 2.24) is 5.32 Å². The predicted octanol–water partition coefficient (Wildman–Crippen LogP) is 1.80. The van der Waals surface area contributed by atoms with Gasteiger partial charge in [-0.1, -0.05) is 29.4 Å². The maximum Gasteiger partial charge on any atom is 0.312 e. The summed E-state index contributed by atoms with van der Waals surface area (Å²) in [5, 5.41) is 5.86. The Bertz CT molecular complexity index is 366. The standard InChI is InChI=1S/C8H9N5O/c9-8(14)11-5-6-1-3-7(4-2-6)12-13-10/h1-4H,5H2,(H3,9,11,14). The number of primary amides is 1. The first-order chi connectivity index (χ1) is 6.72. The van der Waals surface area contributed by atoms with Crippen LogP contribution < -0.4 is 11.1 Å². The molecule has 0 unspecified atom stereocenters. The van der Waals surface area contributed by atoms with Gasteiger partial charge in [-0.3, -0.25) is 0 Å². The van der Waals surface area contributed by atoms with Crippen molar-refractivity contribution in [3.8, 4) is 0 Å². The van der Waals surface area contributed by atoms with Crippen LogP contribution >= 0.6 is 0 Å². The van der Waals surface area contributed by atoms with Crippen LogP contribution in [0.25, 0.3) is 10.4 Å². The number of hydrogen-bond acceptors (Lipinski definition) is 2. The predicted molar refractivity (Wildman–Crippen MR) is 51.7 cm³/mol. The highest BCUT2D eigenvalue weighted by Crippen LogP contribution is 2.12. The molecule has 0 spiro atoms. The van der Waals surface area contributed by atoms with Crippen LogP contribution in [0.3, 0.4) is 0 Å². The van der Waals surface area contributed by atoms with Crippen molar-refractivity contribution in [3.63, 3.8) is 0 Å². The van der Waals surface area contributed by atoms with Crippen LogP contribution in [0, 0.1) is 0 Å². The Hall–Kier alpha value is -2.20. The second kappa shape index (κ2) is 4.74. The summed E-state index contributed by atoms with van der Waals surface area (Å²) >= 11 is 0. The number of azide groups is 1. The Balaban J connectivity index is 2.63. The zero-order valence-electron chi connectivity index (χ0n) is 7.34. The van der Waals surface area contributed by atoms with E-state index in [2.05, 4.69) is 15.3 Å². The molecule has 14 heavy (non-hydrogen) atoms. The average molecular weight is 191 g/mol. The van der Waals surface area contributed by atoms with E-state index < -0.39 is 6.03 Å². The van der Waals surface area contributed by atoms with E-state index in [0.717, 1.165) is 5.56 Å². The number of rotatable bonds is 3. The molecule has 0 aliphatic carbocycles. The summed E-state index contributed by atoms with van der Waals surface area (Å²) in [6, 6.07) is 6.26. The fourth-order valence-electron chi connectivity index (χ4n) is 0.921. The SMILES string of the molecule is [N-]=[N+]=Nc1ccc(CNC(N)=O)cc1. The molecule has 0 fully saturated rings. The van der Waals surface area contributed by atoms with E-state index in [9.17, 15) is 4.79 Å². The van der Waals surface area contributed by atoms with Crippen molar-refractivity contribution >= 4 is 11.7 Å². The Labute approximate surface area is 80.3 Å². The number of hydrogen-bond donors (Lipinski definition) is 2. The van der Waals surface area contributed by atoms with Gasteiger partial charge in [-0.15, -0.1) is 0 Å². The molecular weight excluding hydrogens is 182 g/mol. The van der Waals surface area contributed by atoms with Gasteiger partial charge >= 0.3 is 6.03 Å². The van der Waals surface area contributed by atoms with Gasteiger partial charge in [-0.05, 0) is 11.1 Å². The summed E-state index contributed by atoms with van der Waals surface area (Å²) in [4.78, 5) is 13.0. The van der Waals surface area contributed by atoms with Crippen LogP contribution in [-0.4, -0.2) is 6.03 Å². The molecule has 0 bridgehead atoms. The fraction of sp³-hybridized carbons (Fsp3) is 0.125. The largest absolute Gasteiger partial charge is 0.352 e. The maximum atomic E-state index is 10.4. The van der Waals surface area contributed by atoms with Crippen LogP contribution in [0.15, 0.2) is 29.4 Å². The van der Waals surface area contributed by atoms with Gasteiger partial charge in [0.25, 0.3) is 0 Å². The van der Waals surface area contributed by atoms with E-state index in [0.29, 0.717) is 12.2 Å². The van der Waals surface area contributed by atoms with E-state index in [1.807, 2.05) is 0 Å². The van der Waals surface area contributed by atoms with Crippen LogP contribution in [0.1, 0.15) is 5.56 Å². The molecule has 2 amide bonds. The summed E-state index contributed by atoms with van der Waals surface area (Å²) in [7, 11) is 0. The number of nitrogens with one attached hydrogen (secondary N) is 1. The zero-order chi connectivity index (χ0) is 10.4. The molecule has 0 aromatic heterocycles. The monoisotopic (exact) mass is 191 g/mol. The summed E-state index contributed by atoms with van der Waals surface area (Å²) in [5.74, 6) is 0. The molecule has 6 heteroatoms. The van der Waals surface area contributed by atoms with Crippen molar-refractivity contribution in [1.29, 1.82) is 0 Å². The lowest BCUT2D eigenvalue weighted by Gasteiger charge is -2.01. The van der Waals surface area contributed by atoms with Crippen LogP contribution in [0.5, 0.6) is 0 Å². The number of urea groups is 1. The van der Waals surface area contributed by atoms with Crippen LogP contribution in [0.2, 0.25) is 0 Å². The lowest BCUT2D eigenvalue weighted by Crippen LogP contribution is -2.28. The lowest BCUT2D eigenvalue weighted by molar-refractivity contribution is 0.248. The van der Waals surface area contributed by atoms with Crippen molar-refractivity contribution in [2.24, 2.45) is 10.8 Å². The van der Waals surface area contributed by atoms with E-state index in [1.165, 1.54) is 0 Å². The second-order valence-electron chi connectivity index (χ2n) is 2.57. The van der Waals surface area contributed by atoms with E-state index in [4.69, 9.17) is 11.3 Å². The first-order valence-corrected chi connectivity index (χ1v) is 3.89. The minimum atomic E-state index is -0.566. The number of nitrogens with zero attached hydrogens (tertiary/aromatic N) is 3. The smallest absolute Gasteiger partial charge is 0.312 e. The number of benzene rings is 1.